The first-order chi connectivity index (χ1) is 8.74. The first-order valence-electron chi connectivity index (χ1n) is 5.51. The Morgan fingerprint density at radius 3 is 2.37 bits per heavy atom. The maximum absolute atomic E-state index is 12.5. The predicted molar refractivity (Wildman–Crippen MR) is 64.5 cm³/mol. The van der Waals surface area contributed by atoms with Crippen LogP contribution in [-0.2, 0) is 9.84 Å². The molecule has 0 bridgehead atoms. The second-order valence-corrected chi connectivity index (χ2v) is 5.79. The quantitative estimate of drug-likeness (QED) is 0.874. The standard InChI is InChI=1S/C11H14F3NO3S/c1-2-8(7-16)15-9-5-3-4-6-10(9)19(17,18)11(12,13)14/h3-6,8,15-16H,2,7H2,1H3. The Hall–Kier alpha value is -1.28. The summed E-state index contributed by atoms with van der Waals surface area (Å²) in [5.74, 6) is 0. The van der Waals surface area contributed by atoms with Gasteiger partial charge in [-0.3, -0.25) is 0 Å². The van der Waals surface area contributed by atoms with Crippen LogP contribution in [0.25, 0.3) is 0 Å². The zero-order valence-corrected chi connectivity index (χ0v) is 10.9. The van der Waals surface area contributed by atoms with Crippen LogP contribution in [0.3, 0.4) is 0 Å². The van der Waals surface area contributed by atoms with Gasteiger partial charge in [-0.05, 0) is 18.6 Å². The molecule has 0 spiro atoms. The van der Waals surface area contributed by atoms with Gasteiger partial charge in [-0.15, -0.1) is 0 Å². The number of anilines is 1. The highest BCUT2D eigenvalue weighted by Crippen LogP contribution is 2.34. The van der Waals surface area contributed by atoms with E-state index in [9.17, 15) is 21.6 Å². The van der Waals surface area contributed by atoms with Crippen LogP contribution in [0.2, 0.25) is 0 Å². The summed E-state index contributed by atoms with van der Waals surface area (Å²) in [4.78, 5) is -0.839. The Labute approximate surface area is 109 Å². The maximum Gasteiger partial charge on any atom is 0.501 e. The van der Waals surface area contributed by atoms with E-state index in [4.69, 9.17) is 5.11 Å². The number of sulfone groups is 1. The van der Waals surface area contributed by atoms with E-state index in [0.717, 1.165) is 6.07 Å². The van der Waals surface area contributed by atoms with E-state index in [1.54, 1.807) is 6.92 Å². The lowest BCUT2D eigenvalue weighted by atomic mass is 10.2. The minimum Gasteiger partial charge on any atom is -0.394 e. The van der Waals surface area contributed by atoms with Crippen LogP contribution >= 0.6 is 0 Å². The molecule has 1 aromatic carbocycles. The number of aliphatic hydroxyl groups excluding tert-OH is 1. The van der Waals surface area contributed by atoms with Gasteiger partial charge in [0, 0.05) is 6.04 Å². The molecule has 1 unspecified atom stereocenters. The fraction of sp³-hybridized carbons (Fsp3) is 0.455. The monoisotopic (exact) mass is 297 g/mol. The summed E-state index contributed by atoms with van der Waals surface area (Å²) in [6, 6.07) is 4.24. The van der Waals surface area contributed by atoms with Crippen molar-refractivity contribution in [2.24, 2.45) is 0 Å². The van der Waals surface area contributed by atoms with E-state index in [0.29, 0.717) is 6.42 Å². The summed E-state index contributed by atoms with van der Waals surface area (Å²) in [6.07, 6.45) is 0.441. The zero-order chi connectivity index (χ0) is 14.7. The number of hydrogen-bond acceptors (Lipinski definition) is 4. The number of alkyl halides is 3. The topological polar surface area (TPSA) is 66.4 Å². The molecule has 0 aliphatic heterocycles. The third-order valence-electron chi connectivity index (χ3n) is 2.55. The second-order valence-electron chi connectivity index (χ2n) is 3.88. The molecule has 4 nitrogen and oxygen atoms in total. The highest BCUT2D eigenvalue weighted by Gasteiger charge is 2.47. The van der Waals surface area contributed by atoms with Crippen molar-refractivity contribution in [1.82, 2.24) is 0 Å². The molecular formula is C11H14F3NO3S. The van der Waals surface area contributed by atoms with Gasteiger partial charge in [0.25, 0.3) is 9.84 Å². The Kier molecular flexibility index (Phi) is 4.81. The summed E-state index contributed by atoms with van der Waals surface area (Å²) in [7, 11) is -5.41. The van der Waals surface area contributed by atoms with Crippen molar-refractivity contribution in [2.45, 2.75) is 29.8 Å². The molecule has 1 rings (SSSR count). The van der Waals surface area contributed by atoms with Gasteiger partial charge in [-0.1, -0.05) is 19.1 Å². The van der Waals surface area contributed by atoms with E-state index >= 15 is 0 Å². The number of benzene rings is 1. The molecule has 8 heteroatoms. The van der Waals surface area contributed by atoms with E-state index in [2.05, 4.69) is 5.32 Å². The molecule has 0 heterocycles. The van der Waals surface area contributed by atoms with E-state index < -0.39 is 26.3 Å². The van der Waals surface area contributed by atoms with Crippen molar-refractivity contribution in [2.75, 3.05) is 11.9 Å². The van der Waals surface area contributed by atoms with E-state index in [-0.39, 0.29) is 12.3 Å². The second kappa shape index (κ2) is 5.79. The minimum atomic E-state index is -5.41. The molecule has 0 amide bonds. The molecule has 108 valence electrons. The van der Waals surface area contributed by atoms with Gasteiger partial charge in [-0.2, -0.15) is 13.2 Å². The highest BCUT2D eigenvalue weighted by atomic mass is 32.2. The van der Waals surface area contributed by atoms with Crippen molar-refractivity contribution in [3.63, 3.8) is 0 Å². The van der Waals surface area contributed by atoms with Crippen LogP contribution < -0.4 is 5.32 Å². The van der Waals surface area contributed by atoms with Crippen LogP contribution in [0.4, 0.5) is 18.9 Å². The highest BCUT2D eigenvalue weighted by molar-refractivity contribution is 7.92. The summed E-state index contributed by atoms with van der Waals surface area (Å²) in [5.41, 5.74) is -5.52. The van der Waals surface area contributed by atoms with Crippen LogP contribution in [0.5, 0.6) is 0 Å². The Balaban J connectivity index is 3.24. The largest absolute Gasteiger partial charge is 0.501 e. The fourth-order valence-corrected chi connectivity index (χ4v) is 2.37. The molecule has 0 saturated heterocycles. The third-order valence-corrected chi connectivity index (χ3v) is 4.10. The average Bonchev–Trinajstić information content (AvgIpc) is 2.35. The summed E-state index contributed by atoms with van der Waals surface area (Å²) in [5, 5.41) is 11.6. The average molecular weight is 297 g/mol. The SMILES string of the molecule is CCC(CO)Nc1ccccc1S(=O)(=O)C(F)(F)F. The first kappa shape index (κ1) is 15.8. The van der Waals surface area contributed by atoms with Crippen LogP contribution in [0.1, 0.15) is 13.3 Å². The van der Waals surface area contributed by atoms with Gasteiger partial charge in [0.15, 0.2) is 0 Å². The molecule has 1 atom stereocenters. The lowest BCUT2D eigenvalue weighted by Gasteiger charge is -2.19. The van der Waals surface area contributed by atoms with Crippen molar-refractivity contribution < 1.29 is 26.7 Å². The van der Waals surface area contributed by atoms with Gasteiger partial charge in [-0.25, -0.2) is 8.42 Å². The molecule has 0 aliphatic carbocycles. The summed E-state index contributed by atoms with van der Waals surface area (Å²) < 4.78 is 60.4. The predicted octanol–water partition coefficient (Wildman–Crippen LogP) is 2.16. The molecule has 0 aliphatic rings. The van der Waals surface area contributed by atoms with Crippen LogP contribution in [0, 0.1) is 0 Å². The first-order valence-corrected chi connectivity index (χ1v) is 7.00. The maximum atomic E-state index is 12.5. The van der Waals surface area contributed by atoms with Gasteiger partial charge in [0.2, 0.25) is 0 Å². The molecule has 1 aromatic rings. The van der Waals surface area contributed by atoms with Gasteiger partial charge in [0.05, 0.1) is 17.2 Å². The normalized spacial score (nSPS) is 14.2. The fourth-order valence-electron chi connectivity index (χ4n) is 1.44. The number of para-hydroxylation sites is 1. The number of nitrogens with one attached hydrogen (secondary N) is 1. The smallest absolute Gasteiger partial charge is 0.394 e. The van der Waals surface area contributed by atoms with Gasteiger partial charge < -0.3 is 10.4 Å². The molecule has 0 aromatic heterocycles. The lowest BCUT2D eigenvalue weighted by Crippen LogP contribution is -2.27. The minimum absolute atomic E-state index is 0.166. The third kappa shape index (κ3) is 3.38. The Morgan fingerprint density at radius 2 is 1.89 bits per heavy atom. The number of hydrogen-bond donors (Lipinski definition) is 2. The molecule has 0 saturated carbocycles. The molecule has 19 heavy (non-hydrogen) atoms. The molecular weight excluding hydrogens is 283 g/mol. The van der Waals surface area contributed by atoms with Crippen molar-refractivity contribution in [3.8, 4) is 0 Å². The lowest BCUT2D eigenvalue weighted by molar-refractivity contribution is -0.0435. The summed E-state index contributed by atoms with van der Waals surface area (Å²) in [6.45, 7) is 1.41. The number of rotatable bonds is 5. The van der Waals surface area contributed by atoms with Crippen molar-refractivity contribution >= 4 is 15.5 Å². The Bertz CT molecular complexity index is 524. The number of halogens is 3. The van der Waals surface area contributed by atoms with Crippen molar-refractivity contribution in [3.05, 3.63) is 24.3 Å². The Morgan fingerprint density at radius 1 is 1.32 bits per heavy atom. The zero-order valence-electron chi connectivity index (χ0n) is 10.1. The summed E-state index contributed by atoms with van der Waals surface area (Å²) >= 11 is 0. The van der Waals surface area contributed by atoms with Crippen molar-refractivity contribution in [1.29, 1.82) is 0 Å². The van der Waals surface area contributed by atoms with Crippen LogP contribution in [0.15, 0.2) is 29.2 Å². The molecule has 0 fully saturated rings. The van der Waals surface area contributed by atoms with Crippen LogP contribution in [-0.4, -0.2) is 31.7 Å². The van der Waals surface area contributed by atoms with Gasteiger partial charge >= 0.3 is 5.51 Å². The van der Waals surface area contributed by atoms with Gasteiger partial charge in [0.1, 0.15) is 0 Å². The molecule has 2 N–H and O–H groups in total. The number of aliphatic hydroxyl groups is 1. The molecule has 0 radical (unpaired) electrons. The van der Waals surface area contributed by atoms with E-state index in [1.165, 1.54) is 18.2 Å². The van der Waals surface area contributed by atoms with E-state index in [1.807, 2.05) is 0 Å².